The van der Waals surface area contributed by atoms with Gasteiger partial charge in [-0.1, -0.05) is 11.6 Å². The SMILES string of the molecule is N#C[C@@]1(C=O)C[C@H]1S(=O)(=O)c1ccc(Cl)cc1. The number of rotatable bonds is 3. The molecule has 2 rings (SSSR count). The molecule has 0 N–H and O–H groups in total. The van der Waals surface area contributed by atoms with Gasteiger partial charge < -0.3 is 4.79 Å². The summed E-state index contributed by atoms with van der Waals surface area (Å²) < 4.78 is 24.2. The number of carbonyl (C=O) groups is 1. The van der Waals surface area contributed by atoms with Crippen molar-refractivity contribution >= 4 is 27.7 Å². The van der Waals surface area contributed by atoms with E-state index in [2.05, 4.69) is 0 Å². The minimum Gasteiger partial charge on any atom is -0.302 e. The van der Waals surface area contributed by atoms with Gasteiger partial charge in [0.25, 0.3) is 0 Å². The van der Waals surface area contributed by atoms with Gasteiger partial charge in [0, 0.05) is 5.02 Å². The van der Waals surface area contributed by atoms with Crippen molar-refractivity contribution in [2.45, 2.75) is 16.6 Å². The van der Waals surface area contributed by atoms with Crippen molar-refractivity contribution in [2.75, 3.05) is 0 Å². The summed E-state index contributed by atoms with van der Waals surface area (Å²) in [6.45, 7) is 0. The second kappa shape index (κ2) is 3.83. The first-order valence-electron chi connectivity index (χ1n) is 4.83. The summed E-state index contributed by atoms with van der Waals surface area (Å²) in [5, 5.41) is 8.31. The van der Waals surface area contributed by atoms with Gasteiger partial charge in [-0.2, -0.15) is 5.26 Å². The largest absolute Gasteiger partial charge is 0.302 e. The molecule has 17 heavy (non-hydrogen) atoms. The zero-order valence-corrected chi connectivity index (χ0v) is 10.2. The number of sulfone groups is 1. The molecule has 88 valence electrons. The summed E-state index contributed by atoms with van der Waals surface area (Å²) in [5.41, 5.74) is -1.36. The molecule has 1 aliphatic carbocycles. The van der Waals surface area contributed by atoms with E-state index in [9.17, 15) is 13.2 Å². The molecule has 0 amide bonds. The first-order chi connectivity index (χ1) is 7.96. The van der Waals surface area contributed by atoms with Gasteiger partial charge in [-0.25, -0.2) is 8.42 Å². The van der Waals surface area contributed by atoms with Crippen molar-refractivity contribution in [1.29, 1.82) is 5.26 Å². The first kappa shape index (κ1) is 12.1. The fraction of sp³-hybridized carbons (Fsp3) is 0.273. The summed E-state index contributed by atoms with van der Waals surface area (Å²) in [6.07, 6.45) is 0.489. The van der Waals surface area contributed by atoms with E-state index in [-0.39, 0.29) is 11.3 Å². The Bertz CT molecular complexity index is 603. The lowest BCUT2D eigenvalue weighted by molar-refractivity contribution is -0.110. The number of hydrogen-bond donors (Lipinski definition) is 0. The molecule has 1 aliphatic rings. The Hall–Kier alpha value is -1.38. The summed E-state index contributed by atoms with van der Waals surface area (Å²) in [7, 11) is -3.63. The molecule has 0 bridgehead atoms. The highest BCUT2D eigenvalue weighted by Gasteiger charge is 2.62. The van der Waals surface area contributed by atoms with Crippen molar-refractivity contribution in [1.82, 2.24) is 0 Å². The Morgan fingerprint density at radius 3 is 2.41 bits per heavy atom. The third kappa shape index (κ3) is 1.84. The molecule has 0 aromatic heterocycles. The van der Waals surface area contributed by atoms with Gasteiger partial charge in [0.15, 0.2) is 9.84 Å². The average Bonchev–Trinajstić information content (AvgIpc) is 3.06. The Morgan fingerprint density at radius 1 is 1.41 bits per heavy atom. The van der Waals surface area contributed by atoms with Gasteiger partial charge in [0.05, 0.1) is 16.2 Å². The predicted molar refractivity (Wildman–Crippen MR) is 61.2 cm³/mol. The van der Waals surface area contributed by atoms with Crippen LogP contribution in [0.3, 0.4) is 0 Å². The summed E-state index contributed by atoms with van der Waals surface area (Å²) in [6, 6.07) is 7.45. The summed E-state index contributed by atoms with van der Waals surface area (Å²) in [4.78, 5) is 10.8. The molecule has 4 nitrogen and oxygen atoms in total. The molecule has 1 saturated carbocycles. The van der Waals surface area contributed by atoms with Crippen LogP contribution in [0.1, 0.15) is 6.42 Å². The lowest BCUT2D eigenvalue weighted by atomic mass is 10.2. The zero-order chi connectivity index (χ0) is 12.7. The van der Waals surface area contributed by atoms with E-state index in [0.717, 1.165) is 0 Å². The second-order valence-corrected chi connectivity index (χ2v) is 6.53. The van der Waals surface area contributed by atoms with Crippen LogP contribution in [0.2, 0.25) is 5.02 Å². The van der Waals surface area contributed by atoms with Gasteiger partial charge in [-0.05, 0) is 30.7 Å². The van der Waals surface area contributed by atoms with Gasteiger partial charge in [-0.3, -0.25) is 0 Å². The van der Waals surface area contributed by atoms with Crippen molar-refractivity contribution in [3.05, 3.63) is 29.3 Å². The van der Waals surface area contributed by atoms with Crippen molar-refractivity contribution in [3.8, 4) is 6.07 Å². The average molecular weight is 270 g/mol. The maximum Gasteiger partial charge on any atom is 0.183 e. The Morgan fingerprint density at radius 2 is 2.00 bits per heavy atom. The van der Waals surface area contributed by atoms with E-state index in [0.29, 0.717) is 11.3 Å². The van der Waals surface area contributed by atoms with E-state index in [4.69, 9.17) is 16.9 Å². The fourth-order valence-corrected chi connectivity index (χ4v) is 3.82. The highest BCUT2D eigenvalue weighted by atomic mass is 35.5. The molecule has 0 aliphatic heterocycles. The normalized spacial score (nSPS) is 27.2. The van der Waals surface area contributed by atoms with Crippen LogP contribution in [0.5, 0.6) is 0 Å². The fourth-order valence-electron chi connectivity index (χ4n) is 1.69. The maximum atomic E-state index is 12.1. The van der Waals surface area contributed by atoms with Crippen LogP contribution < -0.4 is 0 Å². The maximum absolute atomic E-state index is 12.1. The third-order valence-corrected chi connectivity index (χ3v) is 5.39. The van der Waals surface area contributed by atoms with Crippen LogP contribution in [-0.2, 0) is 14.6 Å². The first-order valence-corrected chi connectivity index (χ1v) is 6.76. The standard InChI is InChI=1S/C11H8ClNO3S/c12-8-1-3-9(4-2-8)17(15,16)10-5-11(10,6-13)7-14/h1-4,7,10H,5H2/t10-,11-/m1/s1. The molecular weight excluding hydrogens is 262 g/mol. The number of nitriles is 1. The van der Waals surface area contributed by atoms with E-state index in [1.807, 2.05) is 0 Å². The second-order valence-electron chi connectivity index (χ2n) is 3.96. The molecule has 1 aromatic carbocycles. The number of hydrogen-bond acceptors (Lipinski definition) is 4. The van der Waals surface area contributed by atoms with Crippen LogP contribution in [0.15, 0.2) is 29.2 Å². The summed E-state index contributed by atoms with van der Waals surface area (Å²) in [5.74, 6) is 0. The van der Waals surface area contributed by atoms with Crippen molar-refractivity contribution in [2.24, 2.45) is 5.41 Å². The number of benzene rings is 1. The van der Waals surface area contributed by atoms with E-state index >= 15 is 0 Å². The number of nitrogens with zero attached hydrogens (tertiary/aromatic N) is 1. The monoisotopic (exact) mass is 269 g/mol. The van der Waals surface area contributed by atoms with Crippen LogP contribution >= 0.6 is 11.6 Å². The Balaban J connectivity index is 2.38. The molecule has 0 saturated heterocycles. The van der Waals surface area contributed by atoms with Gasteiger partial charge in [-0.15, -0.1) is 0 Å². The quantitative estimate of drug-likeness (QED) is 0.781. The highest BCUT2D eigenvalue weighted by molar-refractivity contribution is 7.92. The number of aldehydes is 1. The number of carbonyl (C=O) groups excluding carboxylic acids is 1. The van der Waals surface area contributed by atoms with E-state index in [1.165, 1.54) is 24.3 Å². The van der Waals surface area contributed by atoms with Crippen LogP contribution in [0.25, 0.3) is 0 Å². The van der Waals surface area contributed by atoms with E-state index < -0.39 is 20.5 Å². The van der Waals surface area contributed by atoms with Gasteiger partial charge in [0.2, 0.25) is 0 Å². The summed E-state index contributed by atoms with van der Waals surface area (Å²) >= 11 is 5.66. The van der Waals surface area contributed by atoms with Gasteiger partial charge >= 0.3 is 0 Å². The minimum atomic E-state index is -3.63. The van der Waals surface area contributed by atoms with Crippen molar-refractivity contribution in [3.63, 3.8) is 0 Å². The van der Waals surface area contributed by atoms with E-state index in [1.54, 1.807) is 6.07 Å². The van der Waals surface area contributed by atoms with Crippen LogP contribution in [0.4, 0.5) is 0 Å². The molecule has 0 radical (unpaired) electrons. The van der Waals surface area contributed by atoms with Crippen molar-refractivity contribution < 1.29 is 13.2 Å². The lowest BCUT2D eigenvalue weighted by Crippen LogP contribution is -2.16. The molecular formula is C11H8ClNO3S. The number of halogens is 1. The molecule has 1 fully saturated rings. The smallest absolute Gasteiger partial charge is 0.183 e. The third-order valence-electron chi connectivity index (χ3n) is 2.87. The predicted octanol–water partition coefficient (Wildman–Crippen LogP) is 1.59. The minimum absolute atomic E-state index is 0.0674. The molecule has 2 atom stereocenters. The highest BCUT2D eigenvalue weighted by Crippen LogP contribution is 2.50. The molecule has 6 heteroatoms. The molecule has 1 aromatic rings. The molecule has 0 spiro atoms. The molecule has 0 unspecified atom stereocenters. The van der Waals surface area contributed by atoms with Crippen LogP contribution in [-0.4, -0.2) is 20.0 Å². The Labute approximate surface area is 104 Å². The van der Waals surface area contributed by atoms with Gasteiger partial charge in [0.1, 0.15) is 11.7 Å². The Kier molecular flexibility index (Phi) is 2.72. The lowest BCUT2D eigenvalue weighted by Gasteiger charge is -2.04. The van der Waals surface area contributed by atoms with Crippen LogP contribution in [0, 0.1) is 16.7 Å². The molecule has 0 heterocycles. The topological polar surface area (TPSA) is 75.0 Å². The zero-order valence-electron chi connectivity index (χ0n) is 8.63.